The Hall–Kier alpha value is -6.70. The number of benzene rings is 10. The fourth-order valence-electron chi connectivity index (χ4n) is 7.92. The monoisotopic (exact) mass is 654 g/mol. The summed E-state index contributed by atoms with van der Waals surface area (Å²) < 4.78 is 79.3. The first-order chi connectivity index (χ1) is 28.6. The second-order valence-electron chi connectivity index (χ2n) is 13.0. The van der Waals surface area contributed by atoms with Crippen LogP contribution in [-0.2, 0) is 0 Å². The Bertz CT molecular complexity index is 3560. The van der Waals surface area contributed by atoms with Gasteiger partial charge in [0.2, 0.25) is 0 Å². The van der Waals surface area contributed by atoms with Gasteiger partial charge in [-0.2, -0.15) is 0 Å². The Kier molecular flexibility index (Phi) is 4.57. The zero-order chi connectivity index (χ0) is 40.4. The van der Waals surface area contributed by atoms with E-state index >= 15 is 0 Å². The van der Waals surface area contributed by atoms with Gasteiger partial charge in [-0.25, -0.2) is 0 Å². The molecule has 0 aliphatic rings. The van der Waals surface area contributed by atoms with E-state index in [2.05, 4.69) is 42.5 Å². The molecule has 0 radical (unpaired) electrons. The quantitative estimate of drug-likeness (QED) is 0.136. The molecule has 1 heterocycles. The van der Waals surface area contributed by atoms with Gasteiger partial charge in [-0.05, 0) is 112 Å². The predicted molar refractivity (Wildman–Crippen MR) is 218 cm³/mol. The molecular formula is C50H30O. The second-order valence-corrected chi connectivity index (χ2v) is 13.0. The fraction of sp³-hybridized carbons (Fsp3) is 0. The highest BCUT2D eigenvalue weighted by Crippen LogP contribution is 2.45. The van der Waals surface area contributed by atoms with Crippen LogP contribution in [0.25, 0.3) is 109 Å². The molecule has 0 saturated carbocycles. The number of rotatable bonds is 3. The molecule has 0 spiro atoms. The van der Waals surface area contributed by atoms with Crippen LogP contribution >= 0.6 is 0 Å². The summed E-state index contributed by atoms with van der Waals surface area (Å²) in [7, 11) is 0. The maximum Gasteiger partial charge on any atom is 0.136 e. The van der Waals surface area contributed by atoms with Gasteiger partial charge in [0, 0.05) is 10.8 Å². The average Bonchev–Trinajstić information content (AvgIpc) is 3.66. The van der Waals surface area contributed by atoms with Crippen LogP contribution < -0.4 is 0 Å². The molecule has 0 saturated heterocycles. The first-order valence-electron chi connectivity index (χ1n) is 20.9. The SMILES string of the molecule is [2H]c1c([2H])c([2H])c2c(-c3ccc4oc5ccc6ccccc6c5c4c3)c3c([2H])c([2H])c([2H])c([2H])c3c(-c3ccc(-c4ccc5ccc6ccccc6c5c4)cc3)c2c1[2H]. The largest absolute Gasteiger partial charge is 0.456 e. The van der Waals surface area contributed by atoms with Crippen LogP contribution in [-0.4, -0.2) is 0 Å². The fourth-order valence-corrected chi connectivity index (χ4v) is 7.92. The second kappa shape index (κ2) is 10.9. The summed E-state index contributed by atoms with van der Waals surface area (Å²) >= 11 is 0. The Labute approximate surface area is 305 Å². The molecule has 11 aromatic rings. The van der Waals surface area contributed by atoms with Crippen LogP contribution in [0.2, 0.25) is 0 Å². The maximum absolute atomic E-state index is 9.41. The summed E-state index contributed by atoms with van der Waals surface area (Å²) in [6, 6.07) is 41.0. The van der Waals surface area contributed by atoms with Gasteiger partial charge in [-0.3, -0.25) is 0 Å². The lowest BCUT2D eigenvalue weighted by molar-refractivity contribution is 0.669. The Morgan fingerprint density at radius 3 is 1.51 bits per heavy atom. The Morgan fingerprint density at radius 1 is 0.333 bits per heavy atom. The third-order valence-corrected chi connectivity index (χ3v) is 10.3. The van der Waals surface area contributed by atoms with Gasteiger partial charge in [0.15, 0.2) is 0 Å². The summed E-state index contributed by atoms with van der Waals surface area (Å²) in [6.45, 7) is 0. The minimum atomic E-state index is -0.435. The van der Waals surface area contributed by atoms with E-state index in [-0.39, 0.29) is 45.7 Å². The van der Waals surface area contributed by atoms with Gasteiger partial charge < -0.3 is 4.42 Å². The van der Waals surface area contributed by atoms with E-state index in [1.54, 1.807) is 6.07 Å². The first kappa shape index (κ1) is 21.4. The number of furan rings is 1. The van der Waals surface area contributed by atoms with Gasteiger partial charge in [0.1, 0.15) is 11.2 Å². The first-order valence-corrected chi connectivity index (χ1v) is 16.9. The molecule has 0 aliphatic heterocycles. The highest BCUT2D eigenvalue weighted by atomic mass is 16.3. The molecule has 1 aromatic heterocycles. The van der Waals surface area contributed by atoms with Crippen LogP contribution in [0, 0.1) is 0 Å². The average molecular weight is 655 g/mol. The Morgan fingerprint density at radius 2 is 0.804 bits per heavy atom. The molecule has 11 rings (SSSR count). The van der Waals surface area contributed by atoms with Crippen molar-refractivity contribution in [3.05, 3.63) is 182 Å². The summed E-state index contributed by atoms with van der Waals surface area (Å²) in [4.78, 5) is 0. The van der Waals surface area contributed by atoms with Gasteiger partial charge in [-0.15, -0.1) is 0 Å². The van der Waals surface area contributed by atoms with E-state index in [0.29, 0.717) is 33.4 Å². The van der Waals surface area contributed by atoms with Gasteiger partial charge in [0.25, 0.3) is 0 Å². The van der Waals surface area contributed by atoms with Crippen molar-refractivity contribution in [2.75, 3.05) is 0 Å². The molecule has 51 heavy (non-hydrogen) atoms. The molecule has 1 heteroatoms. The predicted octanol–water partition coefficient (Wildman–Crippen LogP) is 14.4. The van der Waals surface area contributed by atoms with Crippen molar-refractivity contribution in [1.29, 1.82) is 0 Å². The molecule has 10 aromatic carbocycles. The third-order valence-electron chi connectivity index (χ3n) is 10.3. The van der Waals surface area contributed by atoms with E-state index < -0.39 is 24.2 Å². The van der Waals surface area contributed by atoms with E-state index in [4.69, 9.17) is 9.90 Å². The van der Waals surface area contributed by atoms with Crippen molar-refractivity contribution in [3.8, 4) is 33.4 Å². The molecule has 0 bridgehead atoms. The van der Waals surface area contributed by atoms with Crippen molar-refractivity contribution in [2.24, 2.45) is 0 Å². The van der Waals surface area contributed by atoms with Crippen molar-refractivity contribution in [2.45, 2.75) is 0 Å². The van der Waals surface area contributed by atoms with Crippen LogP contribution in [0.5, 0.6) is 0 Å². The molecule has 0 fully saturated rings. The maximum atomic E-state index is 9.41. The number of fused-ring (bicyclic) bond motifs is 10. The molecule has 1 nitrogen and oxygen atoms in total. The van der Waals surface area contributed by atoms with E-state index in [1.807, 2.05) is 84.9 Å². The van der Waals surface area contributed by atoms with Crippen molar-refractivity contribution in [3.63, 3.8) is 0 Å². The molecule has 0 N–H and O–H groups in total. The molecular weight excluding hydrogens is 617 g/mol. The molecule has 0 aliphatic carbocycles. The minimum absolute atomic E-state index is 0.172. The zero-order valence-electron chi connectivity index (χ0n) is 35.1. The number of hydrogen-bond acceptors (Lipinski definition) is 1. The Balaban J connectivity index is 1.22. The van der Waals surface area contributed by atoms with Crippen molar-refractivity contribution < 1.29 is 15.4 Å². The van der Waals surface area contributed by atoms with Crippen LogP contribution in [0.1, 0.15) is 11.0 Å². The van der Waals surface area contributed by atoms with E-state index in [1.165, 1.54) is 0 Å². The highest BCUT2D eigenvalue weighted by molar-refractivity contribution is 6.24. The van der Waals surface area contributed by atoms with Crippen LogP contribution in [0.15, 0.2) is 186 Å². The lowest BCUT2D eigenvalue weighted by Gasteiger charge is -2.18. The van der Waals surface area contributed by atoms with Crippen molar-refractivity contribution >= 4 is 75.8 Å². The normalized spacial score (nSPS) is 14.1. The summed E-state index contributed by atoms with van der Waals surface area (Å²) in [6.07, 6.45) is 0. The summed E-state index contributed by atoms with van der Waals surface area (Å²) in [5, 5.41) is 8.91. The number of hydrogen-bond donors (Lipinski definition) is 0. The smallest absolute Gasteiger partial charge is 0.136 e. The van der Waals surface area contributed by atoms with Gasteiger partial charge >= 0.3 is 0 Å². The molecule has 0 unspecified atom stereocenters. The van der Waals surface area contributed by atoms with Crippen molar-refractivity contribution in [1.82, 2.24) is 0 Å². The standard InChI is InChI=1S/C50H30O/c1-3-11-38-32(9-1)19-20-34-21-24-36(29-44(34)38)31-17-22-35(23-18-31)48-40-13-5-7-15-42(40)49(43-16-8-6-14-41(43)48)37-26-27-46-45(30-37)50-39-12-4-2-10-33(39)25-28-47(50)51-46/h1-30H/i5D,6D,7D,8D,13D,14D,15D,16D. The lowest BCUT2D eigenvalue weighted by Crippen LogP contribution is -1.91. The topological polar surface area (TPSA) is 13.1 Å². The summed E-state index contributed by atoms with van der Waals surface area (Å²) in [5.41, 5.74) is 4.92. The summed E-state index contributed by atoms with van der Waals surface area (Å²) in [5.74, 6) is 0. The van der Waals surface area contributed by atoms with Gasteiger partial charge in [0.05, 0.1) is 11.0 Å². The van der Waals surface area contributed by atoms with E-state index in [9.17, 15) is 5.48 Å². The van der Waals surface area contributed by atoms with Crippen LogP contribution in [0.3, 0.4) is 0 Å². The molecule has 0 amide bonds. The van der Waals surface area contributed by atoms with Crippen LogP contribution in [0.4, 0.5) is 0 Å². The third kappa shape index (κ3) is 4.28. The van der Waals surface area contributed by atoms with E-state index in [0.717, 1.165) is 54.2 Å². The van der Waals surface area contributed by atoms with Gasteiger partial charge in [-0.1, -0.05) is 158 Å². The zero-order valence-corrected chi connectivity index (χ0v) is 27.1. The molecule has 0 atom stereocenters. The highest BCUT2D eigenvalue weighted by Gasteiger charge is 2.18. The lowest BCUT2D eigenvalue weighted by atomic mass is 9.85. The minimum Gasteiger partial charge on any atom is -0.456 e. The molecule has 236 valence electrons.